The summed E-state index contributed by atoms with van der Waals surface area (Å²) in [6.45, 7) is 7.16. The minimum atomic E-state index is 0.644. The first-order valence-corrected chi connectivity index (χ1v) is 5.67. The lowest BCUT2D eigenvalue weighted by atomic mass is 10.1. The van der Waals surface area contributed by atoms with Crippen LogP contribution in [0.5, 0.6) is 0 Å². The first-order valence-electron chi connectivity index (χ1n) is 5.67. The smallest absolute Gasteiger partial charge is 0.0189 e. The highest BCUT2D eigenvalue weighted by Gasteiger charge is 2.21. The fraction of sp³-hybridized carbons (Fsp3) is 1.00. The Kier molecular flexibility index (Phi) is 4.85. The first-order chi connectivity index (χ1) is 6.63. The second-order valence-electron chi connectivity index (χ2n) is 4.76. The van der Waals surface area contributed by atoms with Gasteiger partial charge in [0.25, 0.3) is 0 Å². The van der Waals surface area contributed by atoms with Gasteiger partial charge in [-0.1, -0.05) is 0 Å². The fourth-order valence-electron chi connectivity index (χ4n) is 2.21. The van der Waals surface area contributed by atoms with Gasteiger partial charge in [-0.25, -0.2) is 0 Å². The molecule has 14 heavy (non-hydrogen) atoms. The molecule has 0 spiro atoms. The highest BCUT2D eigenvalue weighted by molar-refractivity contribution is 4.77. The maximum Gasteiger partial charge on any atom is 0.0189 e. The quantitative estimate of drug-likeness (QED) is 0.695. The van der Waals surface area contributed by atoms with Crippen LogP contribution >= 0.6 is 0 Å². The van der Waals surface area contributed by atoms with E-state index in [1.165, 1.54) is 26.1 Å². The third-order valence-electron chi connectivity index (χ3n) is 3.29. The summed E-state index contributed by atoms with van der Waals surface area (Å²) < 4.78 is 0. The van der Waals surface area contributed by atoms with Crippen molar-refractivity contribution in [3.8, 4) is 0 Å². The lowest BCUT2D eigenvalue weighted by Gasteiger charge is -2.27. The van der Waals surface area contributed by atoms with Crippen molar-refractivity contribution >= 4 is 0 Å². The van der Waals surface area contributed by atoms with Crippen molar-refractivity contribution in [1.29, 1.82) is 0 Å². The van der Waals surface area contributed by atoms with Crippen molar-refractivity contribution in [2.24, 2.45) is 5.92 Å². The third-order valence-corrected chi connectivity index (χ3v) is 3.29. The van der Waals surface area contributed by atoms with E-state index in [1.54, 1.807) is 0 Å². The molecule has 3 heteroatoms. The van der Waals surface area contributed by atoms with Gasteiger partial charge >= 0.3 is 0 Å². The zero-order valence-electron chi connectivity index (χ0n) is 10.1. The molecule has 1 heterocycles. The summed E-state index contributed by atoms with van der Waals surface area (Å²) in [6.07, 6.45) is 1.37. The van der Waals surface area contributed by atoms with Gasteiger partial charge < -0.3 is 15.1 Å². The van der Waals surface area contributed by atoms with E-state index in [4.69, 9.17) is 0 Å². The van der Waals surface area contributed by atoms with Crippen molar-refractivity contribution < 1.29 is 0 Å². The number of hydrogen-bond acceptors (Lipinski definition) is 3. The molecule has 0 aromatic heterocycles. The van der Waals surface area contributed by atoms with E-state index in [-0.39, 0.29) is 0 Å². The SMILES string of the molecule is CNCC(C)N(C)CC1CCN(C)C1. The van der Waals surface area contributed by atoms with Crippen LogP contribution in [-0.4, -0.2) is 63.2 Å². The molecule has 1 fully saturated rings. The summed E-state index contributed by atoms with van der Waals surface area (Å²) in [7, 11) is 6.48. The lowest BCUT2D eigenvalue weighted by molar-refractivity contribution is 0.216. The Labute approximate surface area is 88.5 Å². The third kappa shape index (κ3) is 3.56. The molecule has 0 radical (unpaired) electrons. The Hall–Kier alpha value is -0.120. The Morgan fingerprint density at radius 1 is 1.57 bits per heavy atom. The molecule has 1 rings (SSSR count). The minimum Gasteiger partial charge on any atom is -0.318 e. The van der Waals surface area contributed by atoms with Crippen LogP contribution in [0.2, 0.25) is 0 Å². The monoisotopic (exact) mass is 199 g/mol. The van der Waals surface area contributed by atoms with Crippen LogP contribution < -0.4 is 5.32 Å². The number of hydrogen-bond donors (Lipinski definition) is 1. The summed E-state index contributed by atoms with van der Waals surface area (Å²) in [5, 5.41) is 3.23. The van der Waals surface area contributed by atoms with Crippen molar-refractivity contribution in [2.45, 2.75) is 19.4 Å². The molecule has 0 aromatic rings. The van der Waals surface area contributed by atoms with E-state index in [0.717, 1.165) is 12.5 Å². The predicted octanol–water partition coefficient (Wildman–Crippen LogP) is 0.478. The Morgan fingerprint density at radius 2 is 2.29 bits per heavy atom. The van der Waals surface area contributed by atoms with Gasteiger partial charge in [0.1, 0.15) is 0 Å². The Balaban J connectivity index is 2.22. The molecule has 0 saturated carbocycles. The van der Waals surface area contributed by atoms with Crippen molar-refractivity contribution in [3.63, 3.8) is 0 Å². The largest absolute Gasteiger partial charge is 0.318 e. The number of nitrogens with one attached hydrogen (secondary N) is 1. The molecule has 1 N–H and O–H groups in total. The summed E-state index contributed by atoms with van der Waals surface area (Å²) in [5.41, 5.74) is 0. The number of rotatable bonds is 5. The number of likely N-dealkylation sites (tertiary alicyclic amines) is 1. The van der Waals surface area contributed by atoms with Crippen LogP contribution in [0, 0.1) is 5.92 Å². The van der Waals surface area contributed by atoms with Crippen LogP contribution in [0.3, 0.4) is 0 Å². The van der Waals surface area contributed by atoms with Crippen LogP contribution in [0.15, 0.2) is 0 Å². The molecule has 2 unspecified atom stereocenters. The average Bonchev–Trinajstić information content (AvgIpc) is 2.51. The van der Waals surface area contributed by atoms with Crippen molar-refractivity contribution in [1.82, 2.24) is 15.1 Å². The van der Waals surface area contributed by atoms with Gasteiger partial charge in [-0.05, 0) is 47.0 Å². The van der Waals surface area contributed by atoms with Crippen LogP contribution in [0.1, 0.15) is 13.3 Å². The van der Waals surface area contributed by atoms with Crippen LogP contribution in [0.25, 0.3) is 0 Å². The van der Waals surface area contributed by atoms with Crippen LogP contribution in [-0.2, 0) is 0 Å². The number of likely N-dealkylation sites (N-methyl/N-ethyl adjacent to an activating group) is 2. The topological polar surface area (TPSA) is 18.5 Å². The van der Waals surface area contributed by atoms with Crippen LogP contribution in [0.4, 0.5) is 0 Å². The summed E-state index contributed by atoms with van der Waals surface area (Å²) >= 11 is 0. The molecule has 0 amide bonds. The van der Waals surface area contributed by atoms with E-state index in [1.807, 2.05) is 7.05 Å². The maximum absolute atomic E-state index is 3.23. The predicted molar refractivity (Wildman–Crippen MR) is 61.6 cm³/mol. The summed E-state index contributed by atoms with van der Waals surface area (Å²) in [6, 6.07) is 0.644. The Bertz CT molecular complexity index is 161. The highest BCUT2D eigenvalue weighted by atomic mass is 15.2. The van der Waals surface area contributed by atoms with Gasteiger partial charge in [0.05, 0.1) is 0 Å². The molecule has 0 aromatic carbocycles. The molecule has 2 atom stereocenters. The zero-order valence-corrected chi connectivity index (χ0v) is 10.1. The van der Waals surface area contributed by atoms with Gasteiger partial charge in [-0.2, -0.15) is 0 Å². The minimum absolute atomic E-state index is 0.644. The van der Waals surface area contributed by atoms with Crippen molar-refractivity contribution in [3.05, 3.63) is 0 Å². The lowest BCUT2D eigenvalue weighted by Crippen LogP contribution is -2.39. The second-order valence-corrected chi connectivity index (χ2v) is 4.76. The average molecular weight is 199 g/mol. The summed E-state index contributed by atoms with van der Waals surface area (Å²) in [4.78, 5) is 4.90. The van der Waals surface area contributed by atoms with Gasteiger partial charge in [0, 0.05) is 25.7 Å². The zero-order chi connectivity index (χ0) is 10.6. The van der Waals surface area contributed by atoms with E-state index in [0.29, 0.717) is 6.04 Å². The Morgan fingerprint density at radius 3 is 2.79 bits per heavy atom. The number of nitrogens with zero attached hydrogens (tertiary/aromatic N) is 2. The molecular weight excluding hydrogens is 174 g/mol. The first kappa shape index (κ1) is 12.0. The molecule has 0 bridgehead atoms. The molecule has 1 aliphatic heterocycles. The van der Waals surface area contributed by atoms with Gasteiger partial charge in [-0.3, -0.25) is 0 Å². The van der Waals surface area contributed by atoms with Gasteiger partial charge in [-0.15, -0.1) is 0 Å². The van der Waals surface area contributed by atoms with E-state index >= 15 is 0 Å². The molecule has 0 aliphatic carbocycles. The van der Waals surface area contributed by atoms with Gasteiger partial charge in [0.15, 0.2) is 0 Å². The molecule has 1 aliphatic rings. The van der Waals surface area contributed by atoms with E-state index < -0.39 is 0 Å². The van der Waals surface area contributed by atoms with E-state index in [2.05, 4.69) is 36.1 Å². The molecular formula is C11H25N3. The molecule has 1 saturated heterocycles. The standard InChI is InChI=1S/C11H25N3/c1-10(7-12-2)14(4)9-11-5-6-13(3)8-11/h10-12H,5-9H2,1-4H3. The highest BCUT2D eigenvalue weighted by Crippen LogP contribution is 2.15. The fourth-order valence-corrected chi connectivity index (χ4v) is 2.21. The van der Waals surface area contributed by atoms with Crippen molar-refractivity contribution in [2.75, 3.05) is 47.3 Å². The summed E-state index contributed by atoms with van der Waals surface area (Å²) in [5.74, 6) is 0.879. The van der Waals surface area contributed by atoms with E-state index in [9.17, 15) is 0 Å². The second kappa shape index (κ2) is 5.69. The molecule has 84 valence electrons. The maximum atomic E-state index is 3.23. The normalized spacial score (nSPS) is 25.9. The van der Waals surface area contributed by atoms with Gasteiger partial charge in [0.2, 0.25) is 0 Å². The molecule has 3 nitrogen and oxygen atoms in total.